The SMILES string of the molecule is Cc1ccccc1C(N)C1Cc2ccccc21. The molecule has 1 heteroatoms. The second kappa shape index (κ2) is 4.01. The quantitative estimate of drug-likeness (QED) is 0.830. The van der Waals surface area contributed by atoms with Gasteiger partial charge in [-0.2, -0.15) is 0 Å². The van der Waals surface area contributed by atoms with E-state index in [2.05, 4.69) is 55.5 Å². The molecule has 17 heavy (non-hydrogen) atoms. The molecule has 0 spiro atoms. The Hall–Kier alpha value is -1.60. The van der Waals surface area contributed by atoms with Gasteiger partial charge in [-0.1, -0.05) is 48.5 Å². The second-order valence-electron chi connectivity index (χ2n) is 4.89. The fourth-order valence-electron chi connectivity index (χ4n) is 2.80. The molecule has 0 bridgehead atoms. The van der Waals surface area contributed by atoms with Crippen LogP contribution in [0.25, 0.3) is 0 Å². The first kappa shape index (κ1) is 10.5. The van der Waals surface area contributed by atoms with Gasteiger partial charge >= 0.3 is 0 Å². The standard InChI is InChI=1S/C16H17N/c1-11-6-2-4-8-13(11)16(17)15-10-12-7-3-5-9-14(12)15/h2-9,15-16H,10,17H2,1H3. The van der Waals surface area contributed by atoms with E-state index in [1.807, 2.05) is 0 Å². The predicted octanol–water partition coefficient (Wildman–Crippen LogP) is 3.33. The lowest BCUT2D eigenvalue weighted by Crippen LogP contribution is -2.29. The van der Waals surface area contributed by atoms with Crippen LogP contribution < -0.4 is 5.73 Å². The van der Waals surface area contributed by atoms with E-state index in [0.29, 0.717) is 5.92 Å². The molecule has 1 aliphatic carbocycles. The van der Waals surface area contributed by atoms with E-state index in [9.17, 15) is 0 Å². The minimum atomic E-state index is 0.131. The van der Waals surface area contributed by atoms with Crippen LogP contribution in [0.15, 0.2) is 48.5 Å². The molecule has 0 amide bonds. The molecule has 0 heterocycles. The van der Waals surface area contributed by atoms with Gasteiger partial charge in [-0.25, -0.2) is 0 Å². The third-order valence-electron chi connectivity index (χ3n) is 3.88. The van der Waals surface area contributed by atoms with Crippen LogP contribution >= 0.6 is 0 Å². The van der Waals surface area contributed by atoms with E-state index in [1.54, 1.807) is 0 Å². The van der Waals surface area contributed by atoms with Crippen LogP contribution in [0, 0.1) is 6.92 Å². The summed E-state index contributed by atoms with van der Waals surface area (Å²) < 4.78 is 0. The molecule has 2 aromatic rings. The third-order valence-corrected chi connectivity index (χ3v) is 3.88. The Kier molecular flexibility index (Phi) is 2.49. The summed E-state index contributed by atoms with van der Waals surface area (Å²) in [5, 5.41) is 0. The third kappa shape index (κ3) is 1.67. The fourth-order valence-corrected chi connectivity index (χ4v) is 2.80. The Bertz CT molecular complexity index is 545. The van der Waals surface area contributed by atoms with Crippen molar-refractivity contribution >= 4 is 0 Å². The monoisotopic (exact) mass is 223 g/mol. The van der Waals surface area contributed by atoms with Crippen LogP contribution in [0.5, 0.6) is 0 Å². The summed E-state index contributed by atoms with van der Waals surface area (Å²) in [5.74, 6) is 0.493. The Morgan fingerprint density at radius 1 is 1.06 bits per heavy atom. The fraction of sp³-hybridized carbons (Fsp3) is 0.250. The zero-order valence-electron chi connectivity index (χ0n) is 10.1. The lowest BCUT2D eigenvalue weighted by Gasteiger charge is -2.35. The molecular weight excluding hydrogens is 206 g/mol. The largest absolute Gasteiger partial charge is 0.323 e. The molecule has 2 unspecified atom stereocenters. The molecule has 0 radical (unpaired) electrons. The van der Waals surface area contributed by atoms with Crippen molar-refractivity contribution in [1.29, 1.82) is 0 Å². The molecule has 0 saturated heterocycles. The van der Waals surface area contributed by atoms with Crippen molar-refractivity contribution in [3.8, 4) is 0 Å². The van der Waals surface area contributed by atoms with Gasteiger partial charge in [0.15, 0.2) is 0 Å². The maximum Gasteiger partial charge on any atom is 0.0370 e. The van der Waals surface area contributed by atoms with Crippen molar-refractivity contribution in [2.75, 3.05) is 0 Å². The lowest BCUT2D eigenvalue weighted by molar-refractivity contribution is 0.498. The molecule has 1 nitrogen and oxygen atoms in total. The number of aryl methyl sites for hydroxylation is 1. The van der Waals surface area contributed by atoms with Crippen molar-refractivity contribution < 1.29 is 0 Å². The van der Waals surface area contributed by atoms with Crippen LogP contribution in [0.1, 0.15) is 34.2 Å². The Morgan fingerprint density at radius 2 is 1.76 bits per heavy atom. The Morgan fingerprint density at radius 3 is 2.53 bits per heavy atom. The van der Waals surface area contributed by atoms with E-state index in [1.165, 1.54) is 22.3 Å². The molecule has 1 aliphatic rings. The molecule has 0 aliphatic heterocycles. The Labute approximate surface area is 102 Å². The van der Waals surface area contributed by atoms with E-state index < -0.39 is 0 Å². The van der Waals surface area contributed by atoms with Crippen LogP contribution in [0.3, 0.4) is 0 Å². The van der Waals surface area contributed by atoms with Crippen molar-refractivity contribution in [3.63, 3.8) is 0 Å². The first-order chi connectivity index (χ1) is 8.27. The van der Waals surface area contributed by atoms with Gasteiger partial charge in [0.05, 0.1) is 0 Å². The maximum atomic E-state index is 6.42. The zero-order valence-corrected chi connectivity index (χ0v) is 10.1. The molecule has 2 N–H and O–H groups in total. The first-order valence-electron chi connectivity index (χ1n) is 6.16. The summed E-state index contributed by atoms with van der Waals surface area (Å²) >= 11 is 0. The highest BCUT2D eigenvalue weighted by molar-refractivity contribution is 5.44. The van der Waals surface area contributed by atoms with Gasteiger partial charge in [0, 0.05) is 12.0 Å². The summed E-state index contributed by atoms with van der Waals surface area (Å²) in [7, 11) is 0. The number of hydrogen-bond donors (Lipinski definition) is 1. The van der Waals surface area contributed by atoms with E-state index in [-0.39, 0.29) is 6.04 Å². The average Bonchev–Trinajstić information content (AvgIpc) is 2.31. The van der Waals surface area contributed by atoms with Gasteiger partial charge in [-0.05, 0) is 35.6 Å². The summed E-state index contributed by atoms with van der Waals surface area (Å²) in [5.41, 5.74) is 11.9. The molecule has 2 atom stereocenters. The Balaban J connectivity index is 1.91. The topological polar surface area (TPSA) is 26.0 Å². The van der Waals surface area contributed by atoms with Crippen molar-refractivity contribution in [2.45, 2.75) is 25.3 Å². The molecule has 3 rings (SSSR count). The maximum absolute atomic E-state index is 6.42. The van der Waals surface area contributed by atoms with Gasteiger partial charge in [-0.15, -0.1) is 0 Å². The second-order valence-corrected chi connectivity index (χ2v) is 4.89. The summed E-state index contributed by atoms with van der Waals surface area (Å²) in [6.45, 7) is 2.14. The molecular formula is C16H17N. The van der Waals surface area contributed by atoms with E-state index in [0.717, 1.165) is 6.42 Å². The first-order valence-corrected chi connectivity index (χ1v) is 6.16. The average molecular weight is 223 g/mol. The van der Waals surface area contributed by atoms with Crippen LogP contribution in [-0.4, -0.2) is 0 Å². The van der Waals surface area contributed by atoms with Crippen LogP contribution in [0.2, 0.25) is 0 Å². The number of fused-ring (bicyclic) bond motifs is 1. The highest BCUT2D eigenvalue weighted by Crippen LogP contribution is 2.42. The smallest absolute Gasteiger partial charge is 0.0370 e. The van der Waals surface area contributed by atoms with Crippen molar-refractivity contribution in [3.05, 3.63) is 70.8 Å². The highest BCUT2D eigenvalue weighted by atomic mass is 14.7. The van der Waals surface area contributed by atoms with Crippen molar-refractivity contribution in [1.82, 2.24) is 0 Å². The summed E-state index contributed by atoms with van der Waals surface area (Å²) in [6.07, 6.45) is 1.12. The minimum Gasteiger partial charge on any atom is -0.323 e. The summed E-state index contributed by atoms with van der Waals surface area (Å²) in [4.78, 5) is 0. The highest BCUT2D eigenvalue weighted by Gasteiger charge is 2.31. The van der Waals surface area contributed by atoms with E-state index in [4.69, 9.17) is 5.73 Å². The summed E-state index contributed by atoms with van der Waals surface area (Å²) in [6, 6.07) is 17.2. The molecule has 0 aromatic heterocycles. The van der Waals surface area contributed by atoms with Gasteiger partial charge < -0.3 is 5.73 Å². The van der Waals surface area contributed by atoms with Gasteiger partial charge in [-0.3, -0.25) is 0 Å². The van der Waals surface area contributed by atoms with Crippen LogP contribution in [0.4, 0.5) is 0 Å². The molecule has 86 valence electrons. The predicted molar refractivity (Wildman–Crippen MR) is 71.0 cm³/mol. The zero-order chi connectivity index (χ0) is 11.8. The number of benzene rings is 2. The normalized spacial score (nSPS) is 19.3. The number of hydrogen-bond acceptors (Lipinski definition) is 1. The van der Waals surface area contributed by atoms with Gasteiger partial charge in [0.25, 0.3) is 0 Å². The molecule has 0 fully saturated rings. The minimum absolute atomic E-state index is 0.131. The van der Waals surface area contributed by atoms with Gasteiger partial charge in [0.1, 0.15) is 0 Å². The number of nitrogens with two attached hydrogens (primary N) is 1. The van der Waals surface area contributed by atoms with Crippen molar-refractivity contribution in [2.24, 2.45) is 5.73 Å². The molecule has 2 aromatic carbocycles. The van der Waals surface area contributed by atoms with Gasteiger partial charge in [0.2, 0.25) is 0 Å². The molecule has 0 saturated carbocycles. The van der Waals surface area contributed by atoms with Crippen LogP contribution in [-0.2, 0) is 6.42 Å². The van der Waals surface area contributed by atoms with E-state index >= 15 is 0 Å². The lowest BCUT2D eigenvalue weighted by atomic mass is 9.71. The number of rotatable bonds is 2.